The predicted molar refractivity (Wildman–Crippen MR) is 196 cm³/mol. The van der Waals surface area contributed by atoms with Gasteiger partial charge in [-0.3, -0.25) is 0 Å². The lowest BCUT2D eigenvalue weighted by molar-refractivity contribution is 0.0649. The number of aromatic carboxylic acids is 6. The molecule has 5 aromatic carbocycles. The fourth-order valence-corrected chi connectivity index (χ4v) is 7.14. The van der Waals surface area contributed by atoms with Gasteiger partial charge in [0.2, 0.25) is 0 Å². The van der Waals surface area contributed by atoms with Crippen LogP contribution in [0.15, 0.2) is 97.1 Å². The largest absolute Gasteiger partial charge is 0.478 e. The van der Waals surface area contributed by atoms with Crippen molar-refractivity contribution in [2.24, 2.45) is 0 Å². The molecule has 5 rings (SSSR count). The number of hydrogen-bond donors (Lipinski definition) is 6. The molecular weight excluding hydrogens is 696 g/mol. The highest BCUT2D eigenvalue weighted by Crippen LogP contribution is 2.47. The summed E-state index contributed by atoms with van der Waals surface area (Å²) in [7, 11) is 0. The zero-order valence-electron chi connectivity index (χ0n) is 29.4. The van der Waals surface area contributed by atoms with Crippen LogP contribution in [0.5, 0.6) is 0 Å². The molecule has 0 aliphatic rings. The molecule has 0 radical (unpaired) electrons. The Bertz CT molecular complexity index is 2250. The summed E-state index contributed by atoms with van der Waals surface area (Å²) in [4.78, 5) is 73.8. The van der Waals surface area contributed by atoms with Crippen LogP contribution in [0, 0.1) is 0 Å². The number of rotatable bonds is 12. The van der Waals surface area contributed by atoms with Gasteiger partial charge in [0, 0.05) is 10.8 Å². The van der Waals surface area contributed by atoms with Crippen molar-refractivity contribution in [1.82, 2.24) is 0 Å². The average molecular weight is 731 g/mol. The standard InChI is InChI=1S/C42H34O12/c1-41(2,29-13-7-5-11-23(29)25-17-21(35(43)44)19-27(37(47)48)33(25)39(51)52)31-15-9-10-16-32(31)42(3,4)30-14-8-6-12-24(30)26-18-22(36(45)46)20-28(38(49)50)34(26)40(53)54/h5-20H,1-4H3,(H,43,44)(H,45,46)(H,47,48)(H,49,50)(H,51,52)(H,53,54). The van der Waals surface area contributed by atoms with Crippen LogP contribution in [-0.4, -0.2) is 66.5 Å². The number of benzene rings is 5. The van der Waals surface area contributed by atoms with Crippen molar-refractivity contribution in [2.45, 2.75) is 38.5 Å². The Balaban J connectivity index is 1.80. The number of carboxylic acid groups (broad SMARTS) is 6. The molecule has 6 N–H and O–H groups in total. The molecule has 0 aromatic heterocycles. The summed E-state index contributed by atoms with van der Waals surface area (Å²) in [5, 5.41) is 60.0. The van der Waals surface area contributed by atoms with E-state index < -0.39 is 80.0 Å². The van der Waals surface area contributed by atoms with E-state index in [2.05, 4.69) is 0 Å². The van der Waals surface area contributed by atoms with Gasteiger partial charge in [0.05, 0.1) is 33.4 Å². The van der Waals surface area contributed by atoms with Crippen molar-refractivity contribution in [1.29, 1.82) is 0 Å². The Morgan fingerprint density at radius 2 is 0.667 bits per heavy atom. The van der Waals surface area contributed by atoms with Crippen LogP contribution >= 0.6 is 0 Å². The van der Waals surface area contributed by atoms with E-state index in [1.165, 1.54) is 0 Å². The topological polar surface area (TPSA) is 224 Å². The molecule has 54 heavy (non-hydrogen) atoms. The molecule has 0 unspecified atom stereocenters. The Labute approximate surface area is 308 Å². The molecule has 0 atom stereocenters. The quantitative estimate of drug-likeness (QED) is 0.0722. The van der Waals surface area contributed by atoms with Gasteiger partial charge >= 0.3 is 35.8 Å². The van der Waals surface area contributed by atoms with Crippen molar-refractivity contribution in [3.8, 4) is 22.3 Å². The molecule has 0 saturated heterocycles. The van der Waals surface area contributed by atoms with Gasteiger partial charge in [-0.2, -0.15) is 0 Å². The zero-order valence-corrected chi connectivity index (χ0v) is 29.4. The summed E-state index contributed by atoms with van der Waals surface area (Å²) in [5.74, 6) is -9.26. The minimum Gasteiger partial charge on any atom is -0.478 e. The first-order valence-corrected chi connectivity index (χ1v) is 16.4. The van der Waals surface area contributed by atoms with Gasteiger partial charge in [-0.25, -0.2) is 28.8 Å². The molecule has 0 spiro atoms. The Morgan fingerprint density at radius 1 is 0.370 bits per heavy atom. The molecular formula is C42H34O12. The van der Waals surface area contributed by atoms with E-state index in [1.807, 2.05) is 39.8 Å². The van der Waals surface area contributed by atoms with Gasteiger partial charge in [-0.1, -0.05) is 100 Å². The lowest BCUT2D eigenvalue weighted by atomic mass is 9.66. The monoisotopic (exact) mass is 730 g/mol. The van der Waals surface area contributed by atoms with E-state index in [9.17, 15) is 59.4 Å². The molecule has 0 aliphatic heterocycles. The summed E-state index contributed by atoms with van der Waals surface area (Å²) < 4.78 is 0. The maximum absolute atomic E-state index is 12.6. The van der Waals surface area contributed by atoms with Crippen LogP contribution < -0.4 is 0 Å². The van der Waals surface area contributed by atoms with Gasteiger partial charge < -0.3 is 30.6 Å². The molecule has 0 aliphatic carbocycles. The molecule has 274 valence electrons. The number of hydrogen-bond acceptors (Lipinski definition) is 6. The zero-order chi connectivity index (χ0) is 39.9. The molecule has 5 aromatic rings. The summed E-state index contributed by atoms with van der Waals surface area (Å²) in [6.45, 7) is 7.46. The predicted octanol–water partition coefficient (Wildman–Crippen LogP) is 7.86. The summed E-state index contributed by atoms with van der Waals surface area (Å²) in [6, 6.07) is 24.5. The third kappa shape index (κ3) is 6.68. The first-order valence-electron chi connectivity index (χ1n) is 16.4. The van der Waals surface area contributed by atoms with Gasteiger partial charge in [0.1, 0.15) is 0 Å². The first kappa shape index (κ1) is 38.2. The highest BCUT2D eigenvalue weighted by Gasteiger charge is 2.37. The molecule has 0 amide bonds. The second-order valence-electron chi connectivity index (χ2n) is 13.6. The van der Waals surface area contributed by atoms with Crippen molar-refractivity contribution < 1.29 is 59.4 Å². The molecule has 0 heterocycles. The summed E-state index contributed by atoms with van der Waals surface area (Å²) in [5.41, 5.74) is -2.64. The molecule has 0 fully saturated rings. The second kappa shape index (κ2) is 14.2. The lowest BCUT2D eigenvalue weighted by Crippen LogP contribution is -2.29. The minimum absolute atomic E-state index is 0.112. The van der Waals surface area contributed by atoms with Gasteiger partial charge in [0.25, 0.3) is 0 Å². The SMILES string of the molecule is CC(C)(c1ccccc1-c1cc(C(=O)O)cc(C(=O)O)c1C(=O)O)c1ccccc1C(C)(C)c1ccccc1-c1cc(C(=O)O)cc(C(=O)O)c1C(=O)O. The van der Waals surface area contributed by atoms with E-state index in [4.69, 9.17) is 0 Å². The van der Waals surface area contributed by atoms with E-state index in [-0.39, 0.29) is 22.3 Å². The Kier molecular flexibility index (Phi) is 10.00. The minimum atomic E-state index is -1.62. The third-order valence-electron chi connectivity index (χ3n) is 9.71. The van der Waals surface area contributed by atoms with Crippen molar-refractivity contribution in [3.63, 3.8) is 0 Å². The summed E-state index contributed by atoms with van der Waals surface area (Å²) in [6.07, 6.45) is 0. The Hall–Kier alpha value is -7.08. The van der Waals surface area contributed by atoms with Gasteiger partial charge in [-0.15, -0.1) is 0 Å². The van der Waals surface area contributed by atoms with Crippen LogP contribution in [0.25, 0.3) is 22.3 Å². The molecule has 0 saturated carbocycles. The molecule has 0 bridgehead atoms. The van der Waals surface area contributed by atoms with Crippen LogP contribution in [0.2, 0.25) is 0 Å². The van der Waals surface area contributed by atoms with Gasteiger partial charge in [0.15, 0.2) is 0 Å². The third-order valence-corrected chi connectivity index (χ3v) is 9.71. The fraction of sp³-hybridized carbons (Fsp3) is 0.143. The van der Waals surface area contributed by atoms with Crippen molar-refractivity contribution in [3.05, 3.63) is 153 Å². The second-order valence-corrected chi connectivity index (χ2v) is 13.6. The van der Waals surface area contributed by atoms with Crippen LogP contribution in [0.4, 0.5) is 0 Å². The van der Waals surface area contributed by atoms with E-state index in [0.29, 0.717) is 22.3 Å². The highest BCUT2D eigenvalue weighted by molar-refractivity contribution is 6.10. The van der Waals surface area contributed by atoms with Crippen molar-refractivity contribution >= 4 is 35.8 Å². The van der Waals surface area contributed by atoms with Crippen LogP contribution in [0.1, 0.15) is 112 Å². The highest BCUT2D eigenvalue weighted by atomic mass is 16.4. The lowest BCUT2D eigenvalue weighted by Gasteiger charge is -2.37. The first-order chi connectivity index (χ1) is 25.3. The number of carbonyl (C=O) groups is 6. The molecule has 12 heteroatoms. The molecule has 12 nitrogen and oxygen atoms in total. The van der Waals surface area contributed by atoms with E-state index in [0.717, 1.165) is 24.3 Å². The Morgan fingerprint density at radius 3 is 0.944 bits per heavy atom. The van der Waals surface area contributed by atoms with Crippen molar-refractivity contribution in [2.75, 3.05) is 0 Å². The van der Waals surface area contributed by atoms with Crippen LogP contribution in [0.3, 0.4) is 0 Å². The maximum atomic E-state index is 12.6. The fourth-order valence-electron chi connectivity index (χ4n) is 7.14. The maximum Gasteiger partial charge on any atom is 0.337 e. The van der Waals surface area contributed by atoms with E-state index >= 15 is 0 Å². The number of carboxylic acids is 6. The summed E-state index contributed by atoms with van der Waals surface area (Å²) >= 11 is 0. The van der Waals surface area contributed by atoms with Gasteiger partial charge in [-0.05, 0) is 68.8 Å². The smallest absolute Gasteiger partial charge is 0.337 e. The van der Waals surface area contributed by atoms with Crippen LogP contribution in [-0.2, 0) is 10.8 Å². The average Bonchev–Trinajstić information content (AvgIpc) is 3.13. The van der Waals surface area contributed by atoms with E-state index in [1.54, 1.807) is 60.7 Å². The normalized spacial score (nSPS) is 11.5.